The monoisotopic (exact) mass is 273 g/mol. The zero-order chi connectivity index (χ0) is 14.1. The highest BCUT2D eigenvalue weighted by molar-refractivity contribution is 5.24. The molecule has 0 aliphatic carbocycles. The Morgan fingerprint density at radius 1 is 1.15 bits per heavy atom. The van der Waals surface area contributed by atoms with Crippen LogP contribution in [0.15, 0.2) is 24.3 Å². The van der Waals surface area contributed by atoms with E-state index in [-0.39, 0.29) is 6.04 Å². The minimum absolute atomic E-state index is 0.137. The Kier molecular flexibility index (Phi) is 4.11. The standard InChI is InChI=1S/C17H27N3/c1-13-3-5-14(6-4-13)17(18)12-20-10-9-15-7-8-16(11-20)19(15)2/h3-6,15-17H,7-12,18H2,1-2H3. The lowest BCUT2D eigenvalue weighted by atomic mass is 10.0. The van der Waals surface area contributed by atoms with Gasteiger partial charge in [-0.2, -0.15) is 0 Å². The van der Waals surface area contributed by atoms with Crippen molar-refractivity contribution in [2.24, 2.45) is 5.73 Å². The fraction of sp³-hybridized carbons (Fsp3) is 0.647. The molecule has 1 aromatic rings. The maximum atomic E-state index is 6.40. The normalized spacial score (nSPS) is 29.4. The Labute approximate surface area is 122 Å². The van der Waals surface area contributed by atoms with Crippen LogP contribution < -0.4 is 5.73 Å². The van der Waals surface area contributed by atoms with E-state index in [1.165, 1.54) is 43.5 Å². The number of rotatable bonds is 3. The number of nitrogens with two attached hydrogens (primary N) is 1. The van der Waals surface area contributed by atoms with Gasteiger partial charge >= 0.3 is 0 Å². The molecule has 0 aromatic heterocycles. The summed E-state index contributed by atoms with van der Waals surface area (Å²) in [7, 11) is 2.30. The highest BCUT2D eigenvalue weighted by atomic mass is 15.3. The molecule has 3 unspecified atom stereocenters. The average Bonchev–Trinajstić information content (AvgIpc) is 2.68. The second kappa shape index (κ2) is 5.84. The molecular weight excluding hydrogens is 246 g/mol. The minimum atomic E-state index is 0.137. The number of benzene rings is 1. The second-order valence-corrected chi connectivity index (χ2v) is 6.62. The number of likely N-dealkylation sites (N-methyl/N-ethyl adjacent to an activating group) is 1. The summed E-state index contributed by atoms with van der Waals surface area (Å²) in [6.45, 7) is 5.49. The lowest BCUT2D eigenvalue weighted by Crippen LogP contribution is -2.39. The van der Waals surface area contributed by atoms with Crippen LogP contribution in [0.2, 0.25) is 0 Å². The average molecular weight is 273 g/mol. The van der Waals surface area contributed by atoms with Gasteiger partial charge in [0, 0.05) is 31.2 Å². The topological polar surface area (TPSA) is 32.5 Å². The Morgan fingerprint density at radius 2 is 1.85 bits per heavy atom. The van der Waals surface area contributed by atoms with E-state index >= 15 is 0 Å². The molecule has 3 rings (SSSR count). The molecule has 2 fully saturated rings. The fourth-order valence-electron chi connectivity index (χ4n) is 3.74. The van der Waals surface area contributed by atoms with Crippen LogP contribution in [0.1, 0.15) is 36.4 Å². The van der Waals surface area contributed by atoms with Crippen LogP contribution >= 0.6 is 0 Å². The molecule has 2 aliphatic rings. The number of nitrogens with zero attached hydrogens (tertiary/aromatic N) is 2. The molecule has 2 aliphatic heterocycles. The maximum absolute atomic E-state index is 6.40. The summed E-state index contributed by atoms with van der Waals surface area (Å²) in [6, 6.07) is 10.4. The SMILES string of the molecule is Cc1ccc(C(N)CN2CCC3CCC(C2)N3C)cc1. The molecule has 2 bridgehead atoms. The van der Waals surface area contributed by atoms with Crippen LogP contribution in [-0.4, -0.2) is 48.6 Å². The molecule has 0 spiro atoms. The first-order valence-electron chi connectivity index (χ1n) is 7.90. The Hall–Kier alpha value is -0.900. The summed E-state index contributed by atoms with van der Waals surface area (Å²) in [4.78, 5) is 5.17. The van der Waals surface area contributed by atoms with Gasteiger partial charge in [-0.25, -0.2) is 0 Å². The number of hydrogen-bond acceptors (Lipinski definition) is 3. The molecule has 2 N–H and O–H groups in total. The molecule has 3 nitrogen and oxygen atoms in total. The Balaban J connectivity index is 1.61. The molecule has 3 atom stereocenters. The van der Waals surface area contributed by atoms with Crippen molar-refractivity contribution >= 4 is 0 Å². The van der Waals surface area contributed by atoms with Gasteiger partial charge in [0.15, 0.2) is 0 Å². The maximum Gasteiger partial charge on any atom is 0.0424 e. The lowest BCUT2D eigenvalue weighted by Gasteiger charge is -2.28. The van der Waals surface area contributed by atoms with E-state index in [0.717, 1.165) is 18.6 Å². The molecule has 20 heavy (non-hydrogen) atoms. The number of aryl methyl sites for hydroxylation is 1. The third-order valence-electron chi connectivity index (χ3n) is 5.19. The quantitative estimate of drug-likeness (QED) is 0.916. The molecule has 1 aromatic carbocycles. The van der Waals surface area contributed by atoms with Crippen molar-refractivity contribution < 1.29 is 0 Å². The first-order chi connectivity index (χ1) is 9.63. The first kappa shape index (κ1) is 14.1. The second-order valence-electron chi connectivity index (χ2n) is 6.62. The summed E-state index contributed by atoms with van der Waals surface area (Å²) in [5, 5.41) is 0. The van der Waals surface area contributed by atoms with Gasteiger partial charge in [-0.15, -0.1) is 0 Å². The van der Waals surface area contributed by atoms with Crippen LogP contribution in [0.5, 0.6) is 0 Å². The predicted octanol–water partition coefficient (Wildman–Crippen LogP) is 2.16. The van der Waals surface area contributed by atoms with Crippen LogP contribution in [-0.2, 0) is 0 Å². The van der Waals surface area contributed by atoms with E-state index in [0.29, 0.717) is 0 Å². The van der Waals surface area contributed by atoms with E-state index < -0.39 is 0 Å². The van der Waals surface area contributed by atoms with Crippen molar-refractivity contribution in [2.45, 2.75) is 44.3 Å². The van der Waals surface area contributed by atoms with Gasteiger partial charge in [-0.1, -0.05) is 29.8 Å². The first-order valence-corrected chi connectivity index (χ1v) is 7.90. The van der Waals surface area contributed by atoms with Crippen LogP contribution in [0, 0.1) is 6.92 Å². The molecular formula is C17H27N3. The van der Waals surface area contributed by atoms with Gasteiger partial charge in [0.25, 0.3) is 0 Å². The van der Waals surface area contributed by atoms with Gasteiger partial charge < -0.3 is 5.73 Å². The molecule has 0 amide bonds. The minimum Gasteiger partial charge on any atom is -0.323 e. The molecule has 3 heteroatoms. The Bertz CT molecular complexity index is 442. The van der Waals surface area contributed by atoms with E-state index in [1.54, 1.807) is 0 Å². The van der Waals surface area contributed by atoms with E-state index in [4.69, 9.17) is 5.73 Å². The highest BCUT2D eigenvalue weighted by Gasteiger charge is 2.34. The van der Waals surface area contributed by atoms with Crippen molar-refractivity contribution in [2.75, 3.05) is 26.7 Å². The smallest absolute Gasteiger partial charge is 0.0424 e. The van der Waals surface area contributed by atoms with Crippen molar-refractivity contribution in [3.8, 4) is 0 Å². The van der Waals surface area contributed by atoms with E-state index in [9.17, 15) is 0 Å². The number of hydrogen-bond donors (Lipinski definition) is 1. The summed E-state index contributed by atoms with van der Waals surface area (Å²) in [6.07, 6.45) is 4.05. The van der Waals surface area contributed by atoms with Gasteiger partial charge in [0.2, 0.25) is 0 Å². The van der Waals surface area contributed by atoms with Gasteiger partial charge in [0.05, 0.1) is 0 Å². The third-order valence-corrected chi connectivity index (χ3v) is 5.19. The summed E-state index contributed by atoms with van der Waals surface area (Å²) in [5.74, 6) is 0. The van der Waals surface area contributed by atoms with Crippen LogP contribution in [0.3, 0.4) is 0 Å². The summed E-state index contributed by atoms with van der Waals surface area (Å²) >= 11 is 0. The number of likely N-dealkylation sites (tertiary alicyclic amines) is 1. The van der Waals surface area contributed by atoms with Crippen LogP contribution in [0.4, 0.5) is 0 Å². The molecule has 0 radical (unpaired) electrons. The van der Waals surface area contributed by atoms with Crippen molar-refractivity contribution in [3.05, 3.63) is 35.4 Å². The van der Waals surface area contributed by atoms with Gasteiger partial charge in [0.1, 0.15) is 0 Å². The molecule has 110 valence electrons. The van der Waals surface area contributed by atoms with E-state index in [1.807, 2.05) is 0 Å². The van der Waals surface area contributed by atoms with Crippen molar-refractivity contribution in [1.82, 2.24) is 9.80 Å². The molecule has 2 heterocycles. The zero-order valence-electron chi connectivity index (χ0n) is 12.8. The predicted molar refractivity (Wildman–Crippen MR) is 83.7 cm³/mol. The number of fused-ring (bicyclic) bond motifs is 2. The highest BCUT2D eigenvalue weighted by Crippen LogP contribution is 2.29. The Morgan fingerprint density at radius 3 is 2.60 bits per heavy atom. The summed E-state index contributed by atoms with van der Waals surface area (Å²) in [5.41, 5.74) is 8.97. The van der Waals surface area contributed by atoms with Crippen molar-refractivity contribution in [3.63, 3.8) is 0 Å². The van der Waals surface area contributed by atoms with Gasteiger partial charge in [-0.3, -0.25) is 9.80 Å². The van der Waals surface area contributed by atoms with Crippen LogP contribution in [0.25, 0.3) is 0 Å². The largest absolute Gasteiger partial charge is 0.323 e. The summed E-state index contributed by atoms with van der Waals surface area (Å²) < 4.78 is 0. The molecule has 0 saturated carbocycles. The van der Waals surface area contributed by atoms with E-state index in [2.05, 4.69) is 48.0 Å². The fourth-order valence-corrected chi connectivity index (χ4v) is 3.74. The zero-order valence-corrected chi connectivity index (χ0v) is 12.8. The van der Waals surface area contributed by atoms with Crippen molar-refractivity contribution in [1.29, 1.82) is 0 Å². The van der Waals surface area contributed by atoms with Gasteiger partial charge in [-0.05, 0) is 45.3 Å². The molecule has 2 saturated heterocycles. The lowest BCUT2D eigenvalue weighted by molar-refractivity contribution is 0.212. The third kappa shape index (κ3) is 2.90.